The van der Waals surface area contributed by atoms with E-state index in [-0.39, 0.29) is 84.8 Å². The van der Waals surface area contributed by atoms with Gasteiger partial charge in [-0.1, -0.05) is 77.2 Å². The quantitative estimate of drug-likeness (QED) is 0.211. The molecule has 0 spiro atoms. The molecule has 0 bridgehead atoms. The Hall–Kier alpha value is -3.48. The lowest BCUT2D eigenvalue weighted by Gasteiger charge is -2.29. The molecular weight excluding hydrogens is 805 g/mol. The maximum atomic E-state index is 14.2. The molecular formula is C41H54N4O8S4. The number of nitrogens with zero attached hydrogens (tertiary/aromatic N) is 4. The van der Waals surface area contributed by atoms with Gasteiger partial charge in [-0.3, -0.25) is 0 Å². The van der Waals surface area contributed by atoms with E-state index in [1.54, 1.807) is 72.8 Å². The molecule has 1 heterocycles. The lowest BCUT2D eigenvalue weighted by molar-refractivity contribution is 0.318. The molecule has 1 aliphatic rings. The normalized spacial score (nSPS) is 17.9. The average Bonchev–Trinajstić information content (AvgIpc) is 3.17. The molecule has 5 rings (SSSR count). The third-order valence-electron chi connectivity index (χ3n) is 10.2. The van der Waals surface area contributed by atoms with E-state index in [0.717, 1.165) is 22.3 Å². The Labute approximate surface area is 340 Å². The van der Waals surface area contributed by atoms with Crippen molar-refractivity contribution >= 4 is 40.1 Å². The fourth-order valence-corrected chi connectivity index (χ4v) is 12.6. The minimum atomic E-state index is -4.16. The van der Waals surface area contributed by atoms with Crippen molar-refractivity contribution in [2.24, 2.45) is 0 Å². The van der Waals surface area contributed by atoms with Crippen molar-refractivity contribution in [3.05, 3.63) is 119 Å². The highest BCUT2D eigenvalue weighted by Gasteiger charge is 2.32. The Balaban J connectivity index is 1.53. The Morgan fingerprint density at radius 2 is 0.474 bits per heavy atom. The number of benzene rings is 4. The number of hydrogen-bond donors (Lipinski definition) is 0. The zero-order valence-electron chi connectivity index (χ0n) is 33.1. The van der Waals surface area contributed by atoms with Gasteiger partial charge in [0.05, 0.1) is 19.6 Å². The van der Waals surface area contributed by atoms with Crippen LogP contribution in [0.3, 0.4) is 0 Å². The highest BCUT2D eigenvalue weighted by molar-refractivity contribution is 7.90. The minimum Gasteiger partial charge on any atom is -0.207 e. The van der Waals surface area contributed by atoms with Crippen LogP contribution >= 0.6 is 0 Å². The van der Waals surface area contributed by atoms with Gasteiger partial charge < -0.3 is 0 Å². The molecule has 57 heavy (non-hydrogen) atoms. The number of aryl methyl sites for hydroxylation is 4. The van der Waals surface area contributed by atoms with E-state index in [1.807, 2.05) is 27.7 Å². The summed E-state index contributed by atoms with van der Waals surface area (Å²) in [6, 6.07) is 25.9. The van der Waals surface area contributed by atoms with E-state index in [4.69, 9.17) is 0 Å². The summed E-state index contributed by atoms with van der Waals surface area (Å²) in [5.74, 6) is 0. The van der Waals surface area contributed by atoms with Crippen LogP contribution in [0.25, 0.3) is 0 Å². The Morgan fingerprint density at radius 1 is 0.281 bits per heavy atom. The molecule has 4 aromatic carbocycles. The van der Waals surface area contributed by atoms with Gasteiger partial charge in [0.2, 0.25) is 40.1 Å². The molecule has 16 heteroatoms. The van der Waals surface area contributed by atoms with Gasteiger partial charge in [0.25, 0.3) is 0 Å². The molecule has 0 saturated carbocycles. The molecule has 12 nitrogen and oxygen atoms in total. The smallest absolute Gasteiger partial charge is 0.207 e. The van der Waals surface area contributed by atoms with Crippen LogP contribution in [0, 0.1) is 27.7 Å². The van der Waals surface area contributed by atoms with Gasteiger partial charge in [-0.25, -0.2) is 33.7 Å². The molecule has 0 amide bonds. The average molecular weight is 859 g/mol. The van der Waals surface area contributed by atoms with E-state index in [0.29, 0.717) is 19.3 Å². The highest BCUT2D eigenvalue weighted by atomic mass is 32.2. The summed E-state index contributed by atoms with van der Waals surface area (Å²) in [5, 5.41) is 0. The SMILES string of the molecule is Cc1ccc(S(=O)(=O)N2CCCCCN(S(=O)(=O)c3ccc(C)cc3)CCCN(S(=O)(=O)c3ccc(C)cc3)CCN(S(=O)(=O)c3ccc(C)cc3)CCC2)cc1. The largest absolute Gasteiger partial charge is 0.243 e. The van der Waals surface area contributed by atoms with Crippen molar-refractivity contribution < 1.29 is 33.7 Å². The van der Waals surface area contributed by atoms with Crippen molar-refractivity contribution in [1.82, 2.24) is 17.2 Å². The van der Waals surface area contributed by atoms with Crippen LogP contribution in [0.4, 0.5) is 0 Å². The van der Waals surface area contributed by atoms with Gasteiger partial charge in [0.15, 0.2) is 0 Å². The van der Waals surface area contributed by atoms with Crippen molar-refractivity contribution in [3.8, 4) is 0 Å². The maximum absolute atomic E-state index is 14.2. The van der Waals surface area contributed by atoms with Crippen molar-refractivity contribution in [3.63, 3.8) is 0 Å². The van der Waals surface area contributed by atoms with Crippen molar-refractivity contribution in [2.45, 2.75) is 79.4 Å². The first-order chi connectivity index (χ1) is 26.9. The molecule has 0 atom stereocenters. The molecule has 1 fully saturated rings. The minimum absolute atomic E-state index is 0.00936. The second kappa shape index (κ2) is 19.1. The molecule has 0 aliphatic carbocycles. The summed E-state index contributed by atoms with van der Waals surface area (Å²) in [4.78, 5) is 0.312. The highest BCUT2D eigenvalue weighted by Crippen LogP contribution is 2.24. The Morgan fingerprint density at radius 3 is 0.702 bits per heavy atom. The Kier molecular flexibility index (Phi) is 14.9. The zero-order chi connectivity index (χ0) is 41.4. The monoisotopic (exact) mass is 858 g/mol. The van der Waals surface area contributed by atoms with E-state index < -0.39 is 40.1 Å². The summed E-state index contributed by atoms with van der Waals surface area (Å²) in [6.07, 6.45) is 1.68. The van der Waals surface area contributed by atoms with Crippen LogP contribution < -0.4 is 0 Å². The van der Waals surface area contributed by atoms with E-state index in [2.05, 4.69) is 0 Å². The van der Waals surface area contributed by atoms with Crippen LogP contribution in [0.15, 0.2) is 117 Å². The second-order valence-corrected chi connectivity index (χ2v) is 22.4. The van der Waals surface area contributed by atoms with Crippen LogP contribution in [-0.4, -0.2) is 103 Å². The number of sulfonamides is 4. The summed E-state index contributed by atoms with van der Waals surface area (Å²) in [7, 11) is -16.3. The molecule has 0 N–H and O–H groups in total. The second-order valence-electron chi connectivity index (χ2n) is 14.6. The third-order valence-corrected chi connectivity index (χ3v) is 17.8. The summed E-state index contributed by atoms with van der Waals surface area (Å²) < 4.78 is 118. The fourth-order valence-electron chi connectivity index (χ4n) is 6.67. The van der Waals surface area contributed by atoms with Gasteiger partial charge in [0.1, 0.15) is 0 Å². The lowest BCUT2D eigenvalue weighted by Crippen LogP contribution is -2.43. The molecule has 0 unspecified atom stereocenters. The van der Waals surface area contributed by atoms with Crippen LogP contribution in [0.1, 0.15) is 54.4 Å². The van der Waals surface area contributed by atoms with Gasteiger partial charge in [-0.15, -0.1) is 0 Å². The number of rotatable bonds is 8. The van der Waals surface area contributed by atoms with Crippen molar-refractivity contribution in [1.29, 1.82) is 0 Å². The van der Waals surface area contributed by atoms with Crippen molar-refractivity contribution in [2.75, 3.05) is 52.4 Å². The fraction of sp³-hybridized carbons (Fsp3) is 0.415. The summed E-state index contributed by atoms with van der Waals surface area (Å²) >= 11 is 0. The van der Waals surface area contributed by atoms with Gasteiger partial charge in [-0.2, -0.15) is 17.2 Å². The molecule has 0 radical (unpaired) electrons. The van der Waals surface area contributed by atoms with E-state index >= 15 is 0 Å². The third kappa shape index (κ3) is 11.2. The van der Waals surface area contributed by atoms with E-state index in [1.165, 1.54) is 41.5 Å². The van der Waals surface area contributed by atoms with Crippen LogP contribution in [0.5, 0.6) is 0 Å². The van der Waals surface area contributed by atoms with Gasteiger partial charge >= 0.3 is 0 Å². The first-order valence-electron chi connectivity index (χ1n) is 19.2. The number of hydrogen-bond acceptors (Lipinski definition) is 8. The van der Waals surface area contributed by atoms with E-state index in [9.17, 15) is 33.7 Å². The zero-order valence-corrected chi connectivity index (χ0v) is 36.4. The summed E-state index contributed by atoms with van der Waals surface area (Å²) in [6.45, 7) is 7.13. The molecule has 0 aromatic heterocycles. The van der Waals surface area contributed by atoms with Gasteiger partial charge in [0, 0.05) is 52.4 Å². The lowest BCUT2D eigenvalue weighted by atomic mass is 10.2. The molecule has 4 aromatic rings. The first kappa shape index (κ1) is 44.6. The molecule has 1 saturated heterocycles. The van der Waals surface area contributed by atoms with Crippen LogP contribution in [-0.2, 0) is 40.1 Å². The first-order valence-corrected chi connectivity index (χ1v) is 25.0. The summed E-state index contributed by atoms with van der Waals surface area (Å²) in [5.41, 5.74) is 3.53. The standard InChI is InChI=1S/C41H54N4O8S4/c1-34-10-18-38(19-11-34)54(46,47)42-26-6-5-7-27-43(55(48,49)39-20-12-35(2)13-21-39)29-9-31-45(57(52,53)41-24-16-37(4)17-25-41)33-32-44(30-8-28-42)56(50,51)40-22-14-36(3)15-23-40/h10-25H,5-9,26-33H2,1-4H3. The maximum Gasteiger partial charge on any atom is 0.243 e. The predicted molar refractivity (Wildman–Crippen MR) is 223 cm³/mol. The Bertz CT molecular complexity index is 2220. The molecule has 1 aliphatic heterocycles. The van der Waals surface area contributed by atoms with Gasteiger partial charge in [-0.05, 0) is 102 Å². The predicted octanol–water partition coefficient (Wildman–Crippen LogP) is 5.95. The topological polar surface area (TPSA) is 150 Å². The molecule has 310 valence electrons. The van der Waals surface area contributed by atoms with Crippen LogP contribution in [0.2, 0.25) is 0 Å².